The van der Waals surface area contributed by atoms with E-state index in [2.05, 4.69) is 26.0 Å². The second-order valence-corrected chi connectivity index (χ2v) is 6.95. The average Bonchev–Trinajstić information content (AvgIpc) is 3.09. The van der Waals surface area contributed by atoms with Gasteiger partial charge in [-0.05, 0) is 36.8 Å². The Balaban J connectivity index is 1.51. The van der Waals surface area contributed by atoms with Crippen molar-refractivity contribution < 1.29 is 14.7 Å². The molecule has 3 N–H and O–H groups in total. The van der Waals surface area contributed by atoms with Crippen molar-refractivity contribution >= 4 is 34.5 Å². The number of aryl methyl sites for hydroxylation is 1. The number of phenols is 1. The number of hydrogen-bond acceptors (Lipinski definition) is 7. The Morgan fingerprint density at radius 2 is 1.96 bits per heavy atom. The van der Waals surface area contributed by atoms with E-state index in [4.69, 9.17) is 0 Å². The zero-order chi connectivity index (χ0) is 19.9. The van der Waals surface area contributed by atoms with Gasteiger partial charge in [0.2, 0.25) is 11.0 Å². The van der Waals surface area contributed by atoms with Crippen LogP contribution in [-0.2, 0) is 11.2 Å². The fourth-order valence-corrected chi connectivity index (χ4v) is 2.94. The van der Waals surface area contributed by atoms with Crippen LogP contribution in [0.2, 0.25) is 0 Å². The number of carbonyl (C=O) groups is 2. The molecule has 1 heterocycles. The first-order valence-electron chi connectivity index (χ1n) is 8.31. The van der Waals surface area contributed by atoms with Gasteiger partial charge in [-0.25, -0.2) is 5.43 Å². The number of aromatic hydroxyl groups is 1. The van der Waals surface area contributed by atoms with Gasteiger partial charge in [-0.3, -0.25) is 14.9 Å². The standard InChI is InChI=1S/C19H17N5O3S/c1-12-5-7-14(8-6-12)18(27)21-19-24-23-17(28-19)10-16(26)22-20-11-13-3-2-4-15(25)9-13/h2-9,11,25H,10H2,1H3,(H,22,26)(H,21,24,27). The van der Waals surface area contributed by atoms with Gasteiger partial charge in [-0.1, -0.05) is 41.2 Å². The highest BCUT2D eigenvalue weighted by atomic mass is 32.1. The molecule has 3 aromatic rings. The topological polar surface area (TPSA) is 117 Å². The van der Waals surface area contributed by atoms with Crippen LogP contribution in [0.1, 0.15) is 26.5 Å². The van der Waals surface area contributed by atoms with Gasteiger partial charge in [0.25, 0.3) is 5.91 Å². The highest BCUT2D eigenvalue weighted by Crippen LogP contribution is 2.17. The molecule has 2 aromatic carbocycles. The lowest BCUT2D eigenvalue weighted by Gasteiger charge is -2.01. The van der Waals surface area contributed by atoms with E-state index in [1.807, 2.05) is 19.1 Å². The van der Waals surface area contributed by atoms with Crippen molar-refractivity contribution in [3.8, 4) is 5.75 Å². The molecule has 0 unspecified atom stereocenters. The smallest absolute Gasteiger partial charge is 0.257 e. The van der Waals surface area contributed by atoms with E-state index < -0.39 is 0 Å². The van der Waals surface area contributed by atoms with Crippen LogP contribution in [0.3, 0.4) is 0 Å². The summed E-state index contributed by atoms with van der Waals surface area (Å²) in [6, 6.07) is 13.6. The number of phenolic OH excluding ortho intramolecular Hbond substituents is 1. The fourth-order valence-electron chi connectivity index (χ4n) is 2.21. The van der Waals surface area contributed by atoms with Crippen molar-refractivity contribution in [1.29, 1.82) is 0 Å². The number of carbonyl (C=O) groups excluding carboxylic acids is 2. The van der Waals surface area contributed by atoms with Gasteiger partial charge in [0.15, 0.2) is 0 Å². The number of benzene rings is 2. The Hall–Kier alpha value is -3.59. The summed E-state index contributed by atoms with van der Waals surface area (Å²) in [5.74, 6) is -0.545. The van der Waals surface area contributed by atoms with E-state index >= 15 is 0 Å². The molecule has 0 saturated carbocycles. The summed E-state index contributed by atoms with van der Waals surface area (Å²) >= 11 is 1.12. The lowest BCUT2D eigenvalue weighted by atomic mass is 10.1. The molecule has 0 bridgehead atoms. The monoisotopic (exact) mass is 395 g/mol. The molecule has 3 rings (SSSR count). The predicted molar refractivity (Wildman–Crippen MR) is 107 cm³/mol. The van der Waals surface area contributed by atoms with Crippen LogP contribution in [0.4, 0.5) is 5.13 Å². The highest BCUT2D eigenvalue weighted by Gasteiger charge is 2.12. The second kappa shape index (κ2) is 8.87. The van der Waals surface area contributed by atoms with Gasteiger partial charge in [0, 0.05) is 5.56 Å². The maximum Gasteiger partial charge on any atom is 0.257 e. The molecule has 0 aliphatic heterocycles. The van der Waals surface area contributed by atoms with Crippen LogP contribution in [0, 0.1) is 6.92 Å². The van der Waals surface area contributed by atoms with E-state index in [1.54, 1.807) is 30.3 Å². The molecule has 2 amide bonds. The normalized spacial score (nSPS) is 10.8. The van der Waals surface area contributed by atoms with Gasteiger partial charge in [0.1, 0.15) is 10.8 Å². The predicted octanol–water partition coefficient (Wildman–Crippen LogP) is 2.50. The van der Waals surface area contributed by atoms with Gasteiger partial charge < -0.3 is 5.11 Å². The highest BCUT2D eigenvalue weighted by molar-refractivity contribution is 7.15. The number of nitrogens with zero attached hydrogens (tertiary/aromatic N) is 3. The first-order chi connectivity index (χ1) is 13.5. The minimum absolute atomic E-state index is 0.0184. The first-order valence-corrected chi connectivity index (χ1v) is 9.12. The number of amides is 2. The molecular weight excluding hydrogens is 378 g/mol. The number of anilines is 1. The third-order valence-electron chi connectivity index (χ3n) is 3.59. The molecule has 142 valence electrons. The Morgan fingerprint density at radius 1 is 1.18 bits per heavy atom. The first kappa shape index (κ1) is 19.2. The molecule has 0 fully saturated rings. The van der Waals surface area contributed by atoms with Crippen LogP contribution in [0.5, 0.6) is 5.75 Å². The number of nitrogens with one attached hydrogen (secondary N) is 2. The van der Waals surface area contributed by atoms with Crippen molar-refractivity contribution in [1.82, 2.24) is 15.6 Å². The van der Waals surface area contributed by atoms with Crippen molar-refractivity contribution in [2.75, 3.05) is 5.32 Å². The number of aromatic nitrogens is 2. The van der Waals surface area contributed by atoms with Crippen LogP contribution >= 0.6 is 11.3 Å². The maximum absolute atomic E-state index is 12.2. The number of hydrazone groups is 1. The van der Waals surface area contributed by atoms with Gasteiger partial charge >= 0.3 is 0 Å². The van der Waals surface area contributed by atoms with Crippen molar-refractivity contribution in [3.05, 3.63) is 70.2 Å². The fraction of sp³-hybridized carbons (Fsp3) is 0.105. The summed E-state index contributed by atoms with van der Waals surface area (Å²) < 4.78 is 0. The van der Waals surface area contributed by atoms with E-state index in [1.165, 1.54) is 12.3 Å². The van der Waals surface area contributed by atoms with E-state index in [0.29, 0.717) is 21.3 Å². The summed E-state index contributed by atoms with van der Waals surface area (Å²) in [4.78, 5) is 24.1. The lowest BCUT2D eigenvalue weighted by Crippen LogP contribution is -2.19. The molecule has 0 radical (unpaired) electrons. The third kappa shape index (κ3) is 5.45. The molecule has 0 spiro atoms. The summed E-state index contributed by atoms with van der Waals surface area (Å²) in [5.41, 5.74) is 4.61. The summed E-state index contributed by atoms with van der Waals surface area (Å²) in [6.45, 7) is 1.94. The number of rotatable bonds is 6. The molecule has 8 nitrogen and oxygen atoms in total. The largest absolute Gasteiger partial charge is 0.508 e. The molecule has 1 aromatic heterocycles. The molecular formula is C19H17N5O3S. The van der Waals surface area contributed by atoms with Crippen molar-refractivity contribution in [2.45, 2.75) is 13.3 Å². The van der Waals surface area contributed by atoms with Crippen LogP contribution in [-0.4, -0.2) is 33.3 Å². The summed E-state index contributed by atoms with van der Waals surface area (Å²) in [5, 5.41) is 24.4. The van der Waals surface area contributed by atoms with Gasteiger partial charge in [0.05, 0.1) is 12.6 Å². The zero-order valence-electron chi connectivity index (χ0n) is 14.9. The molecule has 28 heavy (non-hydrogen) atoms. The van der Waals surface area contributed by atoms with Gasteiger partial charge in [-0.2, -0.15) is 5.10 Å². The van der Waals surface area contributed by atoms with Crippen molar-refractivity contribution in [3.63, 3.8) is 0 Å². The van der Waals surface area contributed by atoms with E-state index in [-0.39, 0.29) is 24.0 Å². The molecule has 9 heteroatoms. The summed E-state index contributed by atoms with van der Waals surface area (Å²) in [7, 11) is 0. The van der Waals surface area contributed by atoms with Crippen LogP contribution in [0.25, 0.3) is 0 Å². The SMILES string of the molecule is Cc1ccc(C(=O)Nc2nnc(CC(=O)NN=Cc3cccc(O)c3)s2)cc1. The van der Waals surface area contributed by atoms with E-state index in [0.717, 1.165) is 16.9 Å². The molecule has 0 aliphatic rings. The van der Waals surface area contributed by atoms with Crippen molar-refractivity contribution in [2.24, 2.45) is 5.10 Å². The molecule has 0 saturated heterocycles. The quantitative estimate of drug-likeness (QED) is 0.438. The number of hydrogen-bond donors (Lipinski definition) is 3. The Bertz CT molecular complexity index is 1010. The minimum Gasteiger partial charge on any atom is -0.508 e. The Kier molecular flexibility index (Phi) is 6.07. The zero-order valence-corrected chi connectivity index (χ0v) is 15.7. The average molecular weight is 395 g/mol. The molecule has 0 aliphatic carbocycles. The minimum atomic E-state index is -0.371. The summed E-state index contributed by atoms with van der Waals surface area (Å²) in [6.07, 6.45) is 1.40. The lowest BCUT2D eigenvalue weighted by molar-refractivity contribution is -0.120. The second-order valence-electron chi connectivity index (χ2n) is 5.89. The van der Waals surface area contributed by atoms with E-state index in [9.17, 15) is 14.7 Å². The van der Waals surface area contributed by atoms with Crippen LogP contribution < -0.4 is 10.7 Å². The third-order valence-corrected chi connectivity index (χ3v) is 4.42. The molecule has 0 atom stereocenters. The van der Waals surface area contributed by atoms with Gasteiger partial charge in [-0.15, -0.1) is 10.2 Å². The van der Waals surface area contributed by atoms with Crippen LogP contribution in [0.15, 0.2) is 53.6 Å². The maximum atomic E-state index is 12.2. The Morgan fingerprint density at radius 3 is 2.71 bits per heavy atom. The Labute approximate surface area is 165 Å².